The average Bonchev–Trinajstić information content (AvgIpc) is 2.73. The summed E-state index contributed by atoms with van der Waals surface area (Å²) in [6, 6.07) is 10.2. The maximum absolute atomic E-state index is 12.7. The molecule has 1 aliphatic rings. The molecule has 0 saturated heterocycles. The summed E-state index contributed by atoms with van der Waals surface area (Å²) in [6.07, 6.45) is 5.30. The van der Waals surface area contributed by atoms with Gasteiger partial charge in [0.25, 0.3) is 5.91 Å². The largest absolute Gasteiger partial charge is 0.438 e. The number of hydrogen-bond acceptors (Lipinski definition) is 5. The van der Waals surface area contributed by atoms with Crippen LogP contribution < -0.4 is 10.1 Å². The van der Waals surface area contributed by atoms with E-state index in [1.165, 1.54) is 6.92 Å². The van der Waals surface area contributed by atoms with Gasteiger partial charge in [-0.2, -0.15) is 0 Å². The predicted octanol–water partition coefficient (Wildman–Crippen LogP) is 3.99. The first-order chi connectivity index (χ1) is 13.9. The van der Waals surface area contributed by atoms with Crippen molar-refractivity contribution in [3.05, 3.63) is 53.7 Å². The number of hydrogen-bond donors (Lipinski definition) is 2. The Labute approximate surface area is 171 Å². The molecule has 0 aliphatic heterocycles. The smallest absolute Gasteiger partial charge is 0.256 e. The van der Waals surface area contributed by atoms with Gasteiger partial charge in [0.1, 0.15) is 11.3 Å². The number of rotatable bonds is 7. The second-order valence-corrected chi connectivity index (χ2v) is 7.77. The fourth-order valence-corrected chi connectivity index (χ4v) is 3.74. The van der Waals surface area contributed by atoms with E-state index in [1.54, 1.807) is 42.6 Å². The number of aliphatic hydroxyl groups excluding tert-OH is 1. The van der Waals surface area contributed by atoms with Gasteiger partial charge in [0.05, 0.1) is 6.10 Å². The second kappa shape index (κ2) is 9.65. The van der Waals surface area contributed by atoms with Crippen LogP contribution in [0.5, 0.6) is 11.6 Å². The Bertz CT molecular complexity index is 857. The number of ketones is 1. The minimum atomic E-state index is -0.262. The Kier molecular flexibility index (Phi) is 6.99. The third-order valence-electron chi connectivity index (χ3n) is 5.60. The lowest BCUT2D eigenvalue weighted by molar-refractivity contribution is 0.0839. The standard InChI is InChI=1S/C23H28N2O4/c1-15(26)18-10-8-17(9-11-18)14-25-22(28)21-7-4-12-24-23(21)29-20-6-3-5-19(13-20)16(2)27/h3-7,12-13,15,17-18,26H,8-11,14H2,1-2H3,(H,25,28)/t15-,17?,18?/m0/s1. The van der Waals surface area contributed by atoms with Gasteiger partial charge in [-0.15, -0.1) is 0 Å². The van der Waals surface area contributed by atoms with Gasteiger partial charge in [-0.25, -0.2) is 4.98 Å². The molecule has 1 aromatic carbocycles. The van der Waals surface area contributed by atoms with Crippen LogP contribution in [0.4, 0.5) is 0 Å². The van der Waals surface area contributed by atoms with Crippen molar-refractivity contribution in [2.75, 3.05) is 6.54 Å². The fourth-order valence-electron chi connectivity index (χ4n) is 3.74. The van der Waals surface area contributed by atoms with Crippen molar-refractivity contribution in [2.24, 2.45) is 11.8 Å². The highest BCUT2D eigenvalue weighted by molar-refractivity contribution is 5.96. The minimum Gasteiger partial charge on any atom is -0.438 e. The van der Waals surface area contributed by atoms with E-state index in [1.807, 2.05) is 6.92 Å². The Balaban J connectivity index is 1.62. The zero-order chi connectivity index (χ0) is 20.8. The van der Waals surface area contributed by atoms with Crippen molar-refractivity contribution in [1.82, 2.24) is 10.3 Å². The Morgan fingerprint density at radius 2 is 1.97 bits per heavy atom. The summed E-state index contributed by atoms with van der Waals surface area (Å²) < 4.78 is 5.80. The van der Waals surface area contributed by atoms with E-state index in [9.17, 15) is 14.7 Å². The number of aromatic nitrogens is 1. The molecule has 1 amide bonds. The highest BCUT2D eigenvalue weighted by Crippen LogP contribution is 2.30. The molecule has 6 nitrogen and oxygen atoms in total. The van der Waals surface area contributed by atoms with E-state index in [-0.39, 0.29) is 23.7 Å². The molecule has 1 aromatic heterocycles. The molecular formula is C23H28N2O4. The summed E-state index contributed by atoms with van der Waals surface area (Å²) in [5, 5.41) is 12.7. The number of amides is 1. The van der Waals surface area contributed by atoms with Crippen molar-refractivity contribution < 1.29 is 19.4 Å². The zero-order valence-electron chi connectivity index (χ0n) is 16.9. The van der Waals surface area contributed by atoms with E-state index in [2.05, 4.69) is 10.3 Å². The van der Waals surface area contributed by atoms with Crippen LogP contribution in [0.2, 0.25) is 0 Å². The molecule has 154 valence electrons. The van der Waals surface area contributed by atoms with Gasteiger partial charge in [0, 0.05) is 18.3 Å². The van der Waals surface area contributed by atoms with E-state index >= 15 is 0 Å². The third kappa shape index (κ3) is 5.64. The topological polar surface area (TPSA) is 88.5 Å². The van der Waals surface area contributed by atoms with Crippen molar-refractivity contribution in [2.45, 2.75) is 45.6 Å². The van der Waals surface area contributed by atoms with Crippen LogP contribution in [0.25, 0.3) is 0 Å². The number of nitrogens with one attached hydrogen (secondary N) is 1. The monoisotopic (exact) mass is 396 g/mol. The van der Waals surface area contributed by atoms with Crippen LogP contribution >= 0.6 is 0 Å². The molecule has 0 spiro atoms. The highest BCUT2D eigenvalue weighted by atomic mass is 16.5. The first-order valence-electron chi connectivity index (χ1n) is 10.1. The predicted molar refractivity (Wildman–Crippen MR) is 110 cm³/mol. The fraction of sp³-hybridized carbons (Fsp3) is 0.435. The normalized spacial score (nSPS) is 20.0. The van der Waals surface area contributed by atoms with E-state index in [0.29, 0.717) is 35.3 Å². The van der Waals surface area contributed by atoms with Gasteiger partial charge in [-0.3, -0.25) is 9.59 Å². The Hall–Kier alpha value is -2.73. The minimum absolute atomic E-state index is 0.0558. The summed E-state index contributed by atoms with van der Waals surface area (Å²) in [6.45, 7) is 3.94. The average molecular weight is 396 g/mol. The molecule has 29 heavy (non-hydrogen) atoms. The molecule has 2 N–H and O–H groups in total. The SMILES string of the molecule is CC(=O)c1cccc(Oc2ncccc2C(=O)NCC2CCC([C@H](C)O)CC2)c1. The van der Waals surface area contributed by atoms with Gasteiger partial charge in [0.2, 0.25) is 5.88 Å². The molecule has 1 fully saturated rings. The zero-order valence-corrected chi connectivity index (χ0v) is 16.9. The molecule has 1 saturated carbocycles. The van der Waals surface area contributed by atoms with E-state index in [0.717, 1.165) is 25.7 Å². The van der Waals surface area contributed by atoms with E-state index in [4.69, 9.17) is 4.74 Å². The lowest BCUT2D eigenvalue weighted by Crippen LogP contribution is -2.33. The van der Waals surface area contributed by atoms with E-state index < -0.39 is 0 Å². The molecule has 6 heteroatoms. The van der Waals surface area contributed by atoms with Crippen LogP contribution in [0, 0.1) is 11.8 Å². The summed E-state index contributed by atoms with van der Waals surface area (Å²) in [4.78, 5) is 28.5. The van der Waals surface area contributed by atoms with Crippen molar-refractivity contribution in [3.8, 4) is 11.6 Å². The highest BCUT2D eigenvalue weighted by Gasteiger charge is 2.25. The molecule has 1 heterocycles. The Morgan fingerprint density at radius 1 is 1.21 bits per heavy atom. The maximum atomic E-state index is 12.7. The first kappa shape index (κ1) is 21.0. The number of Topliss-reactive ketones (excluding diaryl/α,β-unsaturated/α-hetero) is 1. The first-order valence-corrected chi connectivity index (χ1v) is 10.1. The molecule has 1 atom stereocenters. The number of carbonyl (C=O) groups excluding carboxylic acids is 2. The van der Waals surface area contributed by atoms with Gasteiger partial charge < -0.3 is 15.2 Å². The number of benzene rings is 1. The molecule has 0 radical (unpaired) electrons. The number of aliphatic hydroxyl groups is 1. The molecule has 1 aliphatic carbocycles. The number of nitrogens with zero attached hydrogens (tertiary/aromatic N) is 1. The van der Waals surface area contributed by atoms with Gasteiger partial charge in [-0.05, 0) is 75.6 Å². The lowest BCUT2D eigenvalue weighted by Gasteiger charge is -2.30. The molecule has 0 unspecified atom stereocenters. The lowest BCUT2D eigenvalue weighted by atomic mass is 9.80. The Morgan fingerprint density at radius 3 is 2.66 bits per heavy atom. The number of pyridine rings is 1. The van der Waals surface area contributed by atoms with Crippen molar-refractivity contribution in [3.63, 3.8) is 0 Å². The van der Waals surface area contributed by atoms with Crippen molar-refractivity contribution in [1.29, 1.82) is 0 Å². The van der Waals surface area contributed by atoms with Crippen LogP contribution in [0.3, 0.4) is 0 Å². The van der Waals surface area contributed by atoms with Crippen LogP contribution in [-0.2, 0) is 0 Å². The van der Waals surface area contributed by atoms with Gasteiger partial charge >= 0.3 is 0 Å². The summed E-state index contributed by atoms with van der Waals surface area (Å²) >= 11 is 0. The quantitative estimate of drug-likeness (QED) is 0.691. The third-order valence-corrected chi connectivity index (χ3v) is 5.60. The molecule has 0 bridgehead atoms. The molecular weight excluding hydrogens is 368 g/mol. The second-order valence-electron chi connectivity index (χ2n) is 7.77. The van der Waals surface area contributed by atoms with Crippen molar-refractivity contribution >= 4 is 11.7 Å². The van der Waals surface area contributed by atoms with Gasteiger partial charge in [-0.1, -0.05) is 12.1 Å². The number of carbonyl (C=O) groups is 2. The molecule has 3 rings (SSSR count). The summed E-state index contributed by atoms with van der Waals surface area (Å²) in [5.74, 6) is 1.17. The van der Waals surface area contributed by atoms with Crippen LogP contribution in [0.1, 0.15) is 60.2 Å². The van der Waals surface area contributed by atoms with Crippen LogP contribution in [0.15, 0.2) is 42.6 Å². The number of ether oxygens (including phenoxy) is 1. The molecule has 2 aromatic rings. The maximum Gasteiger partial charge on any atom is 0.256 e. The van der Waals surface area contributed by atoms with Gasteiger partial charge in [0.15, 0.2) is 5.78 Å². The summed E-state index contributed by atoms with van der Waals surface area (Å²) in [5.41, 5.74) is 0.899. The van der Waals surface area contributed by atoms with Crippen LogP contribution in [-0.4, -0.2) is 34.4 Å². The summed E-state index contributed by atoms with van der Waals surface area (Å²) in [7, 11) is 0.